The number of aromatic nitrogens is 1. The van der Waals surface area contributed by atoms with Gasteiger partial charge in [-0.1, -0.05) is 6.07 Å². The Kier molecular flexibility index (Phi) is 2.76. The molecule has 0 amide bonds. The Morgan fingerprint density at radius 3 is 2.63 bits per heavy atom. The molecule has 1 aromatic heterocycles. The number of benzene rings is 2. The Morgan fingerprint density at radius 1 is 1.05 bits per heavy atom. The molecule has 19 heavy (non-hydrogen) atoms. The third kappa shape index (κ3) is 2.08. The minimum absolute atomic E-state index is 0.100. The minimum atomic E-state index is -0.948. The van der Waals surface area contributed by atoms with E-state index in [4.69, 9.17) is 9.52 Å². The van der Waals surface area contributed by atoms with Crippen molar-refractivity contribution in [3.05, 3.63) is 53.6 Å². The summed E-state index contributed by atoms with van der Waals surface area (Å²) in [7, 11) is 0. The van der Waals surface area contributed by atoms with Gasteiger partial charge >= 0.3 is 0 Å². The molecule has 3 aromatic rings. The summed E-state index contributed by atoms with van der Waals surface area (Å²) in [5.41, 5.74) is 2.14. The highest BCUT2D eigenvalue weighted by Gasteiger charge is 2.11. The number of aliphatic hydroxyl groups is 1. The van der Waals surface area contributed by atoms with E-state index in [0.29, 0.717) is 22.2 Å². The van der Waals surface area contributed by atoms with Gasteiger partial charge in [-0.25, -0.2) is 13.8 Å². The molecule has 0 saturated carbocycles. The first-order valence-corrected chi connectivity index (χ1v) is 5.63. The van der Waals surface area contributed by atoms with Crippen LogP contribution < -0.4 is 0 Å². The molecule has 3 nitrogen and oxygen atoms in total. The lowest BCUT2D eigenvalue weighted by atomic mass is 10.2. The van der Waals surface area contributed by atoms with Gasteiger partial charge in [0, 0.05) is 5.56 Å². The van der Waals surface area contributed by atoms with Gasteiger partial charge in [0.25, 0.3) is 0 Å². The van der Waals surface area contributed by atoms with E-state index in [-0.39, 0.29) is 12.5 Å². The van der Waals surface area contributed by atoms with Gasteiger partial charge in [-0.05, 0) is 35.9 Å². The van der Waals surface area contributed by atoms with E-state index in [0.717, 1.165) is 12.1 Å². The Morgan fingerprint density at radius 2 is 1.89 bits per heavy atom. The van der Waals surface area contributed by atoms with Gasteiger partial charge in [-0.2, -0.15) is 0 Å². The van der Waals surface area contributed by atoms with Gasteiger partial charge in [0.15, 0.2) is 17.2 Å². The van der Waals surface area contributed by atoms with Crippen LogP contribution in [0.2, 0.25) is 0 Å². The maximum Gasteiger partial charge on any atom is 0.227 e. The Labute approximate surface area is 107 Å². The van der Waals surface area contributed by atoms with Crippen LogP contribution in [0.4, 0.5) is 8.78 Å². The van der Waals surface area contributed by atoms with Crippen LogP contribution in [0, 0.1) is 11.6 Å². The summed E-state index contributed by atoms with van der Waals surface area (Å²) in [6.45, 7) is -0.100. The van der Waals surface area contributed by atoms with Gasteiger partial charge in [0.1, 0.15) is 5.52 Å². The first-order valence-electron chi connectivity index (χ1n) is 5.63. The molecule has 96 valence electrons. The first kappa shape index (κ1) is 11.8. The fraction of sp³-hybridized carbons (Fsp3) is 0.0714. The smallest absolute Gasteiger partial charge is 0.227 e. The largest absolute Gasteiger partial charge is 0.436 e. The average molecular weight is 261 g/mol. The standard InChI is InChI=1S/C14H9F2NO2/c15-10-3-2-9(6-11(10)16)14-17-12-4-1-8(7-18)5-13(12)19-14/h1-6,18H,7H2. The van der Waals surface area contributed by atoms with Crippen LogP contribution in [0.5, 0.6) is 0 Å². The summed E-state index contributed by atoms with van der Waals surface area (Å²) in [6, 6.07) is 8.54. The van der Waals surface area contributed by atoms with Crippen LogP contribution in [0.25, 0.3) is 22.6 Å². The van der Waals surface area contributed by atoms with Crippen molar-refractivity contribution >= 4 is 11.1 Å². The molecular weight excluding hydrogens is 252 g/mol. The molecule has 3 rings (SSSR count). The Balaban J connectivity index is 2.11. The van der Waals surface area contributed by atoms with E-state index >= 15 is 0 Å². The van der Waals surface area contributed by atoms with E-state index < -0.39 is 11.6 Å². The lowest BCUT2D eigenvalue weighted by molar-refractivity contribution is 0.282. The first-order chi connectivity index (χ1) is 9.17. The predicted molar refractivity (Wildman–Crippen MR) is 65.3 cm³/mol. The predicted octanol–water partition coefficient (Wildman–Crippen LogP) is 3.27. The summed E-state index contributed by atoms with van der Waals surface area (Å²) >= 11 is 0. The molecule has 1 N–H and O–H groups in total. The lowest BCUT2D eigenvalue weighted by Crippen LogP contribution is -1.85. The van der Waals surface area contributed by atoms with E-state index in [1.165, 1.54) is 6.07 Å². The quantitative estimate of drug-likeness (QED) is 0.770. The summed E-state index contributed by atoms with van der Waals surface area (Å²) in [5.74, 6) is -1.65. The molecule has 2 aromatic carbocycles. The molecule has 0 unspecified atom stereocenters. The molecule has 0 aliphatic heterocycles. The number of hydrogen-bond donors (Lipinski definition) is 1. The van der Waals surface area contributed by atoms with Crippen molar-refractivity contribution in [2.45, 2.75) is 6.61 Å². The van der Waals surface area contributed by atoms with Gasteiger partial charge < -0.3 is 9.52 Å². The van der Waals surface area contributed by atoms with Crippen molar-refractivity contribution in [2.75, 3.05) is 0 Å². The highest BCUT2D eigenvalue weighted by atomic mass is 19.2. The number of halogens is 2. The molecule has 0 aliphatic rings. The fourth-order valence-electron chi connectivity index (χ4n) is 1.82. The van der Waals surface area contributed by atoms with E-state index in [2.05, 4.69) is 4.98 Å². The van der Waals surface area contributed by atoms with E-state index in [1.807, 2.05) is 0 Å². The summed E-state index contributed by atoms with van der Waals surface area (Å²) in [6.07, 6.45) is 0. The van der Waals surface area contributed by atoms with Gasteiger partial charge in [0.2, 0.25) is 5.89 Å². The summed E-state index contributed by atoms with van der Waals surface area (Å²) in [4.78, 5) is 4.19. The molecule has 0 saturated heterocycles. The molecular formula is C14H9F2NO2. The van der Waals surface area contributed by atoms with Crippen molar-refractivity contribution < 1.29 is 18.3 Å². The third-order valence-corrected chi connectivity index (χ3v) is 2.80. The zero-order valence-electron chi connectivity index (χ0n) is 9.73. The normalized spacial score (nSPS) is 11.1. The number of nitrogens with zero attached hydrogens (tertiary/aromatic N) is 1. The van der Waals surface area contributed by atoms with Crippen LogP contribution in [-0.2, 0) is 6.61 Å². The topological polar surface area (TPSA) is 46.3 Å². The lowest BCUT2D eigenvalue weighted by Gasteiger charge is -1.96. The average Bonchev–Trinajstić information content (AvgIpc) is 2.84. The molecule has 0 atom stereocenters. The highest BCUT2D eigenvalue weighted by Crippen LogP contribution is 2.26. The van der Waals surface area contributed by atoms with Gasteiger partial charge in [0.05, 0.1) is 6.61 Å². The van der Waals surface area contributed by atoms with Crippen molar-refractivity contribution in [1.82, 2.24) is 4.98 Å². The van der Waals surface area contributed by atoms with Crippen molar-refractivity contribution in [3.8, 4) is 11.5 Å². The zero-order chi connectivity index (χ0) is 13.4. The number of hydrogen-bond acceptors (Lipinski definition) is 3. The van der Waals surface area contributed by atoms with E-state index in [9.17, 15) is 8.78 Å². The second-order valence-corrected chi connectivity index (χ2v) is 4.11. The Hall–Kier alpha value is -2.27. The highest BCUT2D eigenvalue weighted by molar-refractivity contribution is 5.76. The minimum Gasteiger partial charge on any atom is -0.436 e. The van der Waals surface area contributed by atoms with Gasteiger partial charge in [-0.15, -0.1) is 0 Å². The molecule has 0 fully saturated rings. The van der Waals surface area contributed by atoms with Crippen molar-refractivity contribution in [2.24, 2.45) is 0 Å². The second kappa shape index (κ2) is 4.44. The second-order valence-electron chi connectivity index (χ2n) is 4.11. The maximum atomic E-state index is 13.2. The molecule has 0 radical (unpaired) electrons. The third-order valence-electron chi connectivity index (χ3n) is 2.80. The molecule has 0 aliphatic carbocycles. The van der Waals surface area contributed by atoms with Crippen LogP contribution in [0.1, 0.15) is 5.56 Å². The molecule has 5 heteroatoms. The van der Waals surface area contributed by atoms with Crippen molar-refractivity contribution in [3.63, 3.8) is 0 Å². The molecule has 0 spiro atoms. The Bertz CT molecular complexity index is 752. The number of oxazole rings is 1. The summed E-state index contributed by atoms with van der Waals surface area (Å²) in [5, 5.41) is 9.03. The van der Waals surface area contributed by atoms with Crippen LogP contribution in [0.15, 0.2) is 40.8 Å². The van der Waals surface area contributed by atoms with E-state index in [1.54, 1.807) is 18.2 Å². The molecule has 0 bridgehead atoms. The van der Waals surface area contributed by atoms with Crippen LogP contribution in [0.3, 0.4) is 0 Å². The van der Waals surface area contributed by atoms with Gasteiger partial charge in [-0.3, -0.25) is 0 Å². The van der Waals surface area contributed by atoms with Crippen LogP contribution >= 0.6 is 0 Å². The fourth-order valence-corrected chi connectivity index (χ4v) is 1.82. The number of fused-ring (bicyclic) bond motifs is 1. The van der Waals surface area contributed by atoms with Crippen LogP contribution in [-0.4, -0.2) is 10.1 Å². The van der Waals surface area contributed by atoms with Crippen molar-refractivity contribution in [1.29, 1.82) is 0 Å². The maximum absolute atomic E-state index is 13.2. The molecule has 1 heterocycles. The number of aliphatic hydroxyl groups excluding tert-OH is 1. The zero-order valence-corrected chi connectivity index (χ0v) is 9.73. The number of rotatable bonds is 2. The SMILES string of the molecule is OCc1ccc2nc(-c3ccc(F)c(F)c3)oc2c1. The monoisotopic (exact) mass is 261 g/mol. The summed E-state index contributed by atoms with van der Waals surface area (Å²) < 4.78 is 31.5.